The maximum Gasteiger partial charge on any atom is 0.0647 e. The summed E-state index contributed by atoms with van der Waals surface area (Å²) in [4.78, 5) is 2.47. The van der Waals surface area contributed by atoms with Gasteiger partial charge in [-0.05, 0) is 55.1 Å². The van der Waals surface area contributed by atoms with Crippen LogP contribution in [0, 0.1) is 0 Å². The summed E-state index contributed by atoms with van der Waals surface area (Å²) in [5.74, 6) is 0.835. The molecule has 1 aliphatic heterocycles. The van der Waals surface area contributed by atoms with Crippen LogP contribution in [0.5, 0.6) is 0 Å². The number of para-hydroxylation sites is 1. The van der Waals surface area contributed by atoms with Gasteiger partial charge >= 0.3 is 0 Å². The number of nitrogens with one attached hydrogen (secondary N) is 3. The van der Waals surface area contributed by atoms with Crippen molar-refractivity contribution in [2.45, 2.75) is 27.2 Å². The van der Waals surface area contributed by atoms with Gasteiger partial charge in [0.15, 0.2) is 0 Å². The van der Waals surface area contributed by atoms with Crippen LogP contribution < -0.4 is 16.0 Å². The first-order valence-electron chi connectivity index (χ1n) is 12.3. The van der Waals surface area contributed by atoms with Gasteiger partial charge in [-0.15, -0.1) is 11.8 Å². The largest absolute Gasteiger partial charge is 0.380 e. The van der Waals surface area contributed by atoms with E-state index in [1.165, 1.54) is 5.70 Å². The number of nitrogens with zero attached hydrogens (tertiary/aromatic N) is 1. The highest BCUT2D eigenvalue weighted by Gasteiger charge is 2.14. The quantitative estimate of drug-likeness (QED) is 0.298. The molecule has 1 aliphatic rings. The number of anilines is 1. The van der Waals surface area contributed by atoms with E-state index in [4.69, 9.17) is 0 Å². The van der Waals surface area contributed by atoms with Gasteiger partial charge in [-0.1, -0.05) is 81.1 Å². The van der Waals surface area contributed by atoms with Crippen LogP contribution in [0.1, 0.15) is 38.3 Å². The molecular weight excluding hydrogens is 448 g/mol. The van der Waals surface area contributed by atoms with Gasteiger partial charge in [0, 0.05) is 35.4 Å². The Kier molecular flexibility index (Phi) is 10.8. The van der Waals surface area contributed by atoms with Crippen LogP contribution in [0.25, 0.3) is 11.8 Å². The Morgan fingerprint density at radius 2 is 1.89 bits per heavy atom. The smallest absolute Gasteiger partial charge is 0.0647 e. The minimum atomic E-state index is 0.835. The molecule has 0 bridgehead atoms. The summed E-state index contributed by atoms with van der Waals surface area (Å²) in [6.45, 7) is 13.9. The van der Waals surface area contributed by atoms with Crippen molar-refractivity contribution < 1.29 is 0 Å². The molecule has 0 saturated heterocycles. The number of allylic oxidation sites excluding steroid dienone is 2. The average Bonchev–Trinajstić information content (AvgIpc) is 2.86. The minimum absolute atomic E-state index is 0.835. The topological polar surface area (TPSA) is 39.3 Å². The lowest BCUT2D eigenvalue weighted by molar-refractivity contribution is 0.309. The lowest BCUT2D eigenvalue weighted by atomic mass is 10.1. The standard InChI is InChI=1S/C30H38N4S/c1-5-13-26(19-25-14-9-8-10-15-25)24(4)32-29-17-12-11-16-28(29)30-20-31-23-35-22-27(33-30)21-34(7-3)18-6-2/h5,8-17,19-20,22,31-33H,4,6-7,18,21,23H2,1-3H3/b13-5-,26-19+,27-22-,30-20-. The molecule has 0 radical (unpaired) electrons. The summed E-state index contributed by atoms with van der Waals surface area (Å²) in [5, 5.41) is 12.9. The molecular formula is C30H38N4S. The van der Waals surface area contributed by atoms with Gasteiger partial charge in [0.25, 0.3) is 0 Å². The summed E-state index contributed by atoms with van der Waals surface area (Å²) in [7, 11) is 0. The van der Waals surface area contributed by atoms with Crippen molar-refractivity contribution in [3.8, 4) is 0 Å². The number of likely N-dealkylation sites (N-methyl/N-ethyl adjacent to an activating group) is 1. The molecule has 0 unspecified atom stereocenters. The van der Waals surface area contributed by atoms with E-state index in [1.807, 2.05) is 31.2 Å². The van der Waals surface area contributed by atoms with Crippen molar-refractivity contribution in [2.75, 3.05) is 30.8 Å². The average molecular weight is 487 g/mol. The van der Waals surface area contributed by atoms with E-state index in [1.54, 1.807) is 11.8 Å². The molecule has 4 nitrogen and oxygen atoms in total. The van der Waals surface area contributed by atoms with Crippen molar-refractivity contribution in [2.24, 2.45) is 0 Å². The summed E-state index contributed by atoms with van der Waals surface area (Å²) in [5.41, 5.74) is 7.40. The van der Waals surface area contributed by atoms with Crippen LogP contribution >= 0.6 is 11.8 Å². The Hall–Kier alpha value is -3.15. The molecule has 184 valence electrons. The van der Waals surface area contributed by atoms with Crippen LogP contribution in [0.4, 0.5) is 5.69 Å². The third-order valence-electron chi connectivity index (χ3n) is 5.63. The van der Waals surface area contributed by atoms with Crippen molar-refractivity contribution in [1.29, 1.82) is 0 Å². The Balaban J connectivity index is 1.85. The minimum Gasteiger partial charge on any atom is -0.380 e. The third kappa shape index (κ3) is 8.23. The van der Waals surface area contributed by atoms with Gasteiger partial charge in [-0.3, -0.25) is 4.90 Å². The number of rotatable bonds is 11. The van der Waals surface area contributed by atoms with Crippen molar-refractivity contribution in [3.63, 3.8) is 0 Å². The molecule has 0 spiro atoms. The molecule has 35 heavy (non-hydrogen) atoms. The second-order valence-corrected chi connectivity index (χ2v) is 9.23. The van der Waals surface area contributed by atoms with Crippen LogP contribution in [-0.4, -0.2) is 30.4 Å². The van der Waals surface area contributed by atoms with Gasteiger partial charge < -0.3 is 16.0 Å². The fourth-order valence-corrected chi connectivity index (χ4v) is 4.50. The van der Waals surface area contributed by atoms with E-state index >= 15 is 0 Å². The highest BCUT2D eigenvalue weighted by Crippen LogP contribution is 2.27. The Morgan fingerprint density at radius 3 is 2.63 bits per heavy atom. The zero-order valence-electron chi connectivity index (χ0n) is 21.2. The molecule has 0 atom stereocenters. The molecule has 0 aromatic heterocycles. The molecule has 0 amide bonds. The third-order valence-corrected chi connectivity index (χ3v) is 6.42. The van der Waals surface area contributed by atoms with Gasteiger partial charge in [0.2, 0.25) is 0 Å². The normalized spacial score (nSPS) is 17.4. The molecule has 3 rings (SSSR count). The fraction of sp³-hybridized carbons (Fsp3) is 0.267. The van der Waals surface area contributed by atoms with E-state index < -0.39 is 0 Å². The van der Waals surface area contributed by atoms with E-state index in [0.29, 0.717) is 0 Å². The highest BCUT2D eigenvalue weighted by atomic mass is 32.2. The number of hydrogen-bond acceptors (Lipinski definition) is 5. The number of hydrogen-bond donors (Lipinski definition) is 3. The van der Waals surface area contributed by atoms with Crippen LogP contribution in [0.2, 0.25) is 0 Å². The summed E-state index contributed by atoms with van der Waals surface area (Å²) >= 11 is 1.78. The molecule has 1 heterocycles. The van der Waals surface area contributed by atoms with E-state index in [2.05, 4.69) is 101 Å². The van der Waals surface area contributed by atoms with E-state index in [0.717, 1.165) is 65.7 Å². The van der Waals surface area contributed by atoms with Gasteiger partial charge in [0.05, 0.1) is 11.6 Å². The Morgan fingerprint density at radius 1 is 1.11 bits per heavy atom. The molecule has 2 aromatic rings. The SMILES string of the molecule is C=C(Nc1ccccc1/C1=C/NCS/C=C(/CN(CC)CCC)N1)C(/C=C\C)=C/c1ccccc1. The lowest BCUT2D eigenvalue weighted by Crippen LogP contribution is -2.31. The van der Waals surface area contributed by atoms with Gasteiger partial charge in [-0.25, -0.2) is 0 Å². The lowest BCUT2D eigenvalue weighted by Gasteiger charge is -2.25. The predicted octanol–water partition coefficient (Wildman–Crippen LogP) is 7.03. The monoisotopic (exact) mass is 486 g/mol. The molecule has 2 aromatic carbocycles. The summed E-state index contributed by atoms with van der Waals surface area (Å²) in [6.07, 6.45) is 9.51. The first kappa shape index (κ1) is 26.5. The van der Waals surface area contributed by atoms with Crippen molar-refractivity contribution >= 4 is 29.2 Å². The Labute approximate surface area is 215 Å². The molecule has 5 heteroatoms. The molecule has 0 aliphatic carbocycles. The number of thioether (sulfide) groups is 1. The van der Waals surface area contributed by atoms with Crippen LogP contribution in [0.15, 0.2) is 102 Å². The maximum absolute atomic E-state index is 4.36. The van der Waals surface area contributed by atoms with E-state index in [-0.39, 0.29) is 0 Å². The van der Waals surface area contributed by atoms with E-state index in [9.17, 15) is 0 Å². The maximum atomic E-state index is 4.36. The molecule has 0 fully saturated rings. The second-order valence-electron chi connectivity index (χ2n) is 8.37. The fourth-order valence-electron chi connectivity index (χ4n) is 3.91. The highest BCUT2D eigenvalue weighted by molar-refractivity contribution is 8.02. The number of benzene rings is 2. The zero-order chi connectivity index (χ0) is 24.9. The first-order chi connectivity index (χ1) is 17.1. The molecule has 0 saturated carbocycles. The van der Waals surface area contributed by atoms with Crippen LogP contribution in [-0.2, 0) is 0 Å². The second kappa shape index (κ2) is 14.3. The summed E-state index contributed by atoms with van der Waals surface area (Å²) in [6, 6.07) is 18.7. The van der Waals surface area contributed by atoms with Gasteiger partial charge in [-0.2, -0.15) is 0 Å². The van der Waals surface area contributed by atoms with Crippen molar-refractivity contribution in [1.82, 2.24) is 15.5 Å². The zero-order valence-corrected chi connectivity index (χ0v) is 22.0. The van der Waals surface area contributed by atoms with Gasteiger partial charge in [0.1, 0.15) is 0 Å². The summed E-state index contributed by atoms with van der Waals surface area (Å²) < 4.78 is 0. The van der Waals surface area contributed by atoms with Crippen LogP contribution in [0.3, 0.4) is 0 Å². The molecule has 3 N–H and O–H groups in total. The predicted molar refractivity (Wildman–Crippen MR) is 156 cm³/mol. The Bertz CT molecular complexity index is 1080. The van der Waals surface area contributed by atoms with Crippen molar-refractivity contribution in [3.05, 3.63) is 113 Å². The first-order valence-corrected chi connectivity index (χ1v) is 13.4.